The van der Waals surface area contributed by atoms with E-state index < -0.39 is 15.8 Å². The second-order valence-corrected chi connectivity index (χ2v) is 6.61. The van der Waals surface area contributed by atoms with Crippen molar-refractivity contribution in [2.75, 3.05) is 31.6 Å². The number of nitrogens with zero attached hydrogens (tertiary/aromatic N) is 1. The number of aliphatic carboxylic acids is 1. The molecular formula is C10H18N2O5S. The minimum atomic E-state index is -3.00. The Hall–Kier alpha value is -1.15. The van der Waals surface area contributed by atoms with Crippen LogP contribution in [-0.2, 0) is 19.4 Å². The van der Waals surface area contributed by atoms with Gasteiger partial charge >= 0.3 is 5.97 Å². The molecule has 0 bridgehead atoms. The van der Waals surface area contributed by atoms with Gasteiger partial charge in [-0.15, -0.1) is 0 Å². The van der Waals surface area contributed by atoms with Gasteiger partial charge in [0.1, 0.15) is 0 Å². The lowest BCUT2D eigenvalue weighted by Crippen LogP contribution is -2.42. The van der Waals surface area contributed by atoms with Crippen LogP contribution in [-0.4, -0.2) is 68.0 Å². The van der Waals surface area contributed by atoms with Gasteiger partial charge in [0.15, 0.2) is 9.84 Å². The second kappa shape index (κ2) is 6.14. The lowest BCUT2D eigenvalue weighted by molar-refractivity contribution is -0.137. The number of likely N-dealkylation sites (N-methyl/N-ethyl adjacent to an activating group) is 1. The minimum Gasteiger partial charge on any atom is -0.481 e. The molecule has 1 saturated heterocycles. The van der Waals surface area contributed by atoms with Crippen molar-refractivity contribution >= 4 is 21.7 Å². The van der Waals surface area contributed by atoms with Crippen LogP contribution in [0.3, 0.4) is 0 Å². The number of hydrogen-bond donors (Lipinski definition) is 2. The number of carboxylic acids is 1. The molecule has 2 N–H and O–H groups in total. The van der Waals surface area contributed by atoms with E-state index in [0.717, 1.165) is 0 Å². The zero-order valence-corrected chi connectivity index (χ0v) is 11.1. The summed E-state index contributed by atoms with van der Waals surface area (Å²) in [7, 11) is -1.43. The molecule has 1 fully saturated rings. The molecule has 0 aromatic heterocycles. The quantitative estimate of drug-likeness (QED) is 0.585. The minimum absolute atomic E-state index is 0.0182. The van der Waals surface area contributed by atoms with Gasteiger partial charge in [0.2, 0.25) is 5.91 Å². The molecule has 1 amide bonds. The fraction of sp³-hybridized carbons (Fsp3) is 0.800. The third-order valence-electron chi connectivity index (χ3n) is 2.94. The van der Waals surface area contributed by atoms with Gasteiger partial charge in [-0.1, -0.05) is 0 Å². The van der Waals surface area contributed by atoms with Crippen molar-refractivity contribution in [3.63, 3.8) is 0 Å². The first-order chi connectivity index (χ1) is 8.32. The summed E-state index contributed by atoms with van der Waals surface area (Å²) in [6.45, 7) is 0.248. The Kier molecular flexibility index (Phi) is 5.09. The largest absolute Gasteiger partial charge is 0.481 e. The van der Waals surface area contributed by atoms with Gasteiger partial charge in [0.25, 0.3) is 0 Å². The van der Waals surface area contributed by atoms with Gasteiger partial charge in [0.05, 0.1) is 24.5 Å². The van der Waals surface area contributed by atoms with Crippen LogP contribution < -0.4 is 5.32 Å². The fourth-order valence-corrected chi connectivity index (χ4v) is 3.57. The third-order valence-corrected chi connectivity index (χ3v) is 4.69. The van der Waals surface area contributed by atoms with Crippen molar-refractivity contribution in [3.8, 4) is 0 Å². The van der Waals surface area contributed by atoms with Crippen molar-refractivity contribution in [2.24, 2.45) is 0 Å². The Morgan fingerprint density at radius 2 is 2.11 bits per heavy atom. The van der Waals surface area contributed by atoms with E-state index in [1.165, 1.54) is 4.90 Å². The number of sulfone groups is 1. The topological polar surface area (TPSA) is 104 Å². The summed E-state index contributed by atoms with van der Waals surface area (Å²) in [6.07, 6.45) is 0.425. The number of amides is 1. The average molecular weight is 278 g/mol. The Labute approximate surface area is 106 Å². The van der Waals surface area contributed by atoms with Crippen LogP contribution in [0.25, 0.3) is 0 Å². The first kappa shape index (κ1) is 14.9. The molecule has 18 heavy (non-hydrogen) atoms. The molecule has 0 saturated carbocycles. The summed E-state index contributed by atoms with van der Waals surface area (Å²) >= 11 is 0. The molecule has 7 nitrogen and oxygen atoms in total. The van der Waals surface area contributed by atoms with Crippen LogP contribution in [0.5, 0.6) is 0 Å². The number of carbonyl (C=O) groups excluding carboxylic acids is 1. The Balaban J connectivity index is 2.31. The highest BCUT2D eigenvalue weighted by molar-refractivity contribution is 7.91. The molecular weight excluding hydrogens is 260 g/mol. The Bertz CT molecular complexity index is 420. The molecule has 0 aromatic carbocycles. The molecule has 8 heteroatoms. The number of carboxylic acid groups (broad SMARTS) is 1. The summed E-state index contributed by atoms with van der Waals surface area (Å²) in [5.41, 5.74) is 0. The highest BCUT2D eigenvalue weighted by atomic mass is 32.2. The van der Waals surface area contributed by atoms with E-state index in [1.807, 2.05) is 0 Å². The summed E-state index contributed by atoms with van der Waals surface area (Å²) < 4.78 is 22.6. The van der Waals surface area contributed by atoms with Crippen LogP contribution >= 0.6 is 0 Å². The normalized spacial score (nSPS) is 21.7. The molecule has 1 atom stereocenters. The van der Waals surface area contributed by atoms with Crippen LogP contribution in [0.15, 0.2) is 0 Å². The van der Waals surface area contributed by atoms with E-state index in [1.54, 1.807) is 7.05 Å². The smallest absolute Gasteiger partial charge is 0.304 e. The Morgan fingerprint density at radius 1 is 1.44 bits per heavy atom. The zero-order valence-electron chi connectivity index (χ0n) is 10.3. The number of rotatable bonds is 6. The predicted molar refractivity (Wildman–Crippen MR) is 65.0 cm³/mol. The van der Waals surface area contributed by atoms with Crippen LogP contribution in [0.1, 0.15) is 12.8 Å². The maximum absolute atomic E-state index is 11.7. The molecule has 1 heterocycles. The van der Waals surface area contributed by atoms with Gasteiger partial charge in [-0.3, -0.25) is 9.59 Å². The second-order valence-electron chi connectivity index (χ2n) is 4.38. The van der Waals surface area contributed by atoms with Crippen molar-refractivity contribution < 1.29 is 23.1 Å². The third kappa shape index (κ3) is 4.61. The molecule has 0 spiro atoms. The number of carbonyl (C=O) groups is 2. The summed E-state index contributed by atoms with van der Waals surface area (Å²) in [5, 5.41) is 11.1. The van der Waals surface area contributed by atoms with Crippen molar-refractivity contribution in [1.82, 2.24) is 10.2 Å². The molecule has 1 aliphatic heterocycles. The lowest BCUT2D eigenvalue weighted by Gasteiger charge is -2.23. The van der Waals surface area contributed by atoms with E-state index in [0.29, 0.717) is 6.42 Å². The van der Waals surface area contributed by atoms with Gasteiger partial charge in [-0.25, -0.2) is 8.42 Å². The average Bonchev–Trinajstić information content (AvgIpc) is 2.63. The lowest BCUT2D eigenvalue weighted by atomic mass is 10.2. The first-order valence-electron chi connectivity index (χ1n) is 5.70. The van der Waals surface area contributed by atoms with Crippen LogP contribution in [0.4, 0.5) is 0 Å². The first-order valence-corrected chi connectivity index (χ1v) is 7.52. The van der Waals surface area contributed by atoms with E-state index in [4.69, 9.17) is 5.11 Å². The Morgan fingerprint density at radius 3 is 2.61 bits per heavy atom. The molecule has 104 valence electrons. The highest BCUT2D eigenvalue weighted by Gasteiger charge is 2.32. The van der Waals surface area contributed by atoms with Crippen LogP contribution in [0.2, 0.25) is 0 Å². The predicted octanol–water partition coefficient (Wildman–Crippen LogP) is -1.30. The van der Waals surface area contributed by atoms with Gasteiger partial charge in [0, 0.05) is 19.6 Å². The molecule has 0 radical (unpaired) electrons. The monoisotopic (exact) mass is 278 g/mol. The van der Waals surface area contributed by atoms with Crippen molar-refractivity contribution in [1.29, 1.82) is 0 Å². The van der Waals surface area contributed by atoms with Gasteiger partial charge in [-0.05, 0) is 6.42 Å². The molecule has 1 unspecified atom stereocenters. The summed E-state index contributed by atoms with van der Waals surface area (Å²) in [6, 6.07) is -0.260. The summed E-state index contributed by atoms with van der Waals surface area (Å²) in [4.78, 5) is 23.4. The van der Waals surface area contributed by atoms with Gasteiger partial charge < -0.3 is 15.3 Å². The molecule has 1 rings (SSSR count). The SMILES string of the molecule is CN(C(=O)CNCCC(=O)O)C1CCS(=O)(=O)C1. The molecule has 0 aromatic rings. The highest BCUT2D eigenvalue weighted by Crippen LogP contribution is 2.16. The van der Waals surface area contributed by atoms with Gasteiger partial charge in [-0.2, -0.15) is 0 Å². The van der Waals surface area contributed by atoms with Crippen molar-refractivity contribution in [3.05, 3.63) is 0 Å². The number of hydrogen-bond acceptors (Lipinski definition) is 5. The van der Waals surface area contributed by atoms with Crippen LogP contribution in [0, 0.1) is 0 Å². The van der Waals surface area contributed by atoms with E-state index in [9.17, 15) is 18.0 Å². The zero-order chi connectivity index (χ0) is 13.8. The maximum atomic E-state index is 11.7. The molecule has 1 aliphatic rings. The number of nitrogens with one attached hydrogen (secondary N) is 1. The fourth-order valence-electron chi connectivity index (χ4n) is 1.80. The summed E-state index contributed by atoms with van der Waals surface area (Å²) in [5.74, 6) is -1.00. The van der Waals surface area contributed by atoms with E-state index in [-0.39, 0.29) is 43.0 Å². The van der Waals surface area contributed by atoms with E-state index in [2.05, 4.69) is 5.32 Å². The standard InChI is InChI=1S/C10H18N2O5S/c1-12(8-3-5-18(16,17)7-8)9(13)6-11-4-2-10(14)15/h8,11H,2-7H2,1H3,(H,14,15). The maximum Gasteiger partial charge on any atom is 0.304 e. The van der Waals surface area contributed by atoms with Crippen molar-refractivity contribution in [2.45, 2.75) is 18.9 Å². The molecule has 0 aliphatic carbocycles. The van der Waals surface area contributed by atoms with E-state index >= 15 is 0 Å².